The summed E-state index contributed by atoms with van der Waals surface area (Å²) in [4.78, 5) is 12.3. The summed E-state index contributed by atoms with van der Waals surface area (Å²) in [5.41, 5.74) is 7.45. The largest absolute Gasteiger partial charge is 0.374 e. The summed E-state index contributed by atoms with van der Waals surface area (Å²) in [6.45, 7) is 0.652. The fourth-order valence-corrected chi connectivity index (χ4v) is 3.44. The molecule has 0 aromatic heterocycles. The molecule has 120 valence electrons. The van der Waals surface area contributed by atoms with Gasteiger partial charge in [0.2, 0.25) is 5.91 Å². The van der Waals surface area contributed by atoms with E-state index >= 15 is 0 Å². The Labute approximate surface area is 132 Å². The summed E-state index contributed by atoms with van der Waals surface area (Å²) in [6, 6.07) is 7.90. The van der Waals surface area contributed by atoms with Crippen molar-refractivity contribution in [3.63, 3.8) is 0 Å². The lowest BCUT2D eigenvalue weighted by Gasteiger charge is -2.22. The number of hydrogen-bond donors (Lipinski definition) is 2. The van der Waals surface area contributed by atoms with E-state index in [0.717, 1.165) is 36.9 Å². The Hall–Kier alpha value is -1.39. The molecule has 1 aromatic carbocycles. The predicted octanol–water partition coefficient (Wildman–Crippen LogP) is 3.36. The second-order valence-corrected chi connectivity index (χ2v) is 6.73. The molecule has 0 spiro atoms. The maximum Gasteiger partial charge on any atom is 0.244 e. The van der Waals surface area contributed by atoms with E-state index in [1.807, 2.05) is 24.3 Å². The van der Waals surface area contributed by atoms with Gasteiger partial charge in [-0.1, -0.05) is 37.8 Å². The van der Waals surface area contributed by atoms with Gasteiger partial charge in [0.15, 0.2) is 0 Å². The molecule has 1 amide bonds. The van der Waals surface area contributed by atoms with Gasteiger partial charge in [-0.3, -0.25) is 4.79 Å². The molecule has 0 saturated heterocycles. The Morgan fingerprint density at radius 2 is 1.77 bits per heavy atom. The molecule has 0 unspecified atom stereocenters. The van der Waals surface area contributed by atoms with Crippen LogP contribution in [-0.4, -0.2) is 17.6 Å². The molecule has 1 aromatic rings. The van der Waals surface area contributed by atoms with Gasteiger partial charge in [0.05, 0.1) is 18.2 Å². The standard InChI is InChI=1S/C18H26N2O2/c19-18(11-3-4-12-18)17(21)20-15-9-7-14(8-10-15)13-22-16-5-1-2-6-16/h7-10,16H,1-6,11-13,19H2,(H,20,21). The normalized spacial score (nSPS) is 21.1. The highest BCUT2D eigenvalue weighted by Gasteiger charge is 2.36. The number of nitrogens with two attached hydrogens (primary N) is 1. The van der Waals surface area contributed by atoms with Crippen molar-refractivity contribution >= 4 is 11.6 Å². The Morgan fingerprint density at radius 1 is 1.14 bits per heavy atom. The second kappa shape index (κ2) is 6.80. The number of hydrogen-bond acceptors (Lipinski definition) is 3. The molecular weight excluding hydrogens is 276 g/mol. The van der Waals surface area contributed by atoms with Crippen LogP contribution in [0.3, 0.4) is 0 Å². The van der Waals surface area contributed by atoms with E-state index in [1.165, 1.54) is 25.7 Å². The number of nitrogens with one attached hydrogen (secondary N) is 1. The maximum absolute atomic E-state index is 12.3. The van der Waals surface area contributed by atoms with Crippen LogP contribution in [0.5, 0.6) is 0 Å². The minimum Gasteiger partial charge on any atom is -0.374 e. The second-order valence-electron chi connectivity index (χ2n) is 6.73. The van der Waals surface area contributed by atoms with Crippen molar-refractivity contribution in [3.05, 3.63) is 29.8 Å². The van der Waals surface area contributed by atoms with Gasteiger partial charge in [0, 0.05) is 5.69 Å². The van der Waals surface area contributed by atoms with Gasteiger partial charge in [0.25, 0.3) is 0 Å². The van der Waals surface area contributed by atoms with Crippen molar-refractivity contribution < 1.29 is 9.53 Å². The molecule has 3 N–H and O–H groups in total. The molecule has 0 radical (unpaired) electrons. The SMILES string of the molecule is NC1(C(=O)Nc2ccc(COC3CCCC3)cc2)CCCC1. The Kier molecular flexibility index (Phi) is 4.79. The molecular formula is C18H26N2O2. The van der Waals surface area contributed by atoms with Gasteiger partial charge in [-0.25, -0.2) is 0 Å². The molecule has 2 aliphatic rings. The van der Waals surface area contributed by atoms with Gasteiger partial charge >= 0.3 is 0 Å². The fraction of sp³-hybridized carbons (Fsp3) is 0.611. The van der Waals surface area contributed by atoms with Crippen molar-refractivity contribution in [2.45, 2.75) is 69.6 Å². The van der Waals surface area contributed by atoms with Gasteiger partial charge in [-0.2, -0.15) is 0 Å². The summed E-state index contributed by atoms with van der Waals surface area (Å²) in [5, 5.41) is 2.94. The Morgan fingerprint density at radius 3 is 2.41 bits per heavy atom. The molecule has 2 aliphatic carbocycles. The zero-order valence-electron chi connectivity index (χ0n) is 13.1. The molecule has 3 rings (SSSR count). The first-order valence-electron chi connectivity index (χ1n) is 8.47. The van der Waals surface area contributed by atoms with Crippen molar-refractivity contribution in [2.24, 2.45) is 5.73 Å². The first-order valence-corrected chi connectivity index (χ1v) is 8.47. The summed E-state index contributed by atoms with van der Waals surface area (Å²) < 4.78 is 5.90. The van der Waals surface area contributed by atoms with Gasteiger partial charge in [0.1, 0.15) is 0 Å². The van der Waals surface area contributed by atoms with Gasteiger partial charge < -0.3 is 15.8 Å². The average Bonchev–Trinajstić information content (AvgIpc) is 3.19. The molecule has 0 atom stereocenters. The average molecular weight is 302 g/mol. The van der Waals surface area contributed by atoms with Gasteiger partial charge in [-0.05, 0) is 43.4 Å². The van der Waals surface area contributed by atoms with Crippen LogP contribution in [0.25, 0.3) is 0 Å². The van der Waals surface area contributed by atoms with Crippen molar-refractivity contribution in [2.75, 3.05) is 5.32 Å². The topological polar surface area (TPSA) is 64.4 Å². The van der Waals surface area contributed by atoms with Crippen molar-refractivity contribution in [1.82, 2.24) is 0 Å². The number of benzene rings is 1. The van der Waals surface area contributed by atoms with Crippen LogP contribution in [0.15, 0.2) is 24.3 Å². The van der Waals surface area contributed by atoms with Crippen LogP contribution in [0.2, 0.25) is 0 Å². The van der Waals surface area contributed by atoms with E-state index in [-0.39, 0.29) is 5.91 Å². The van der Waals surface area contributed by atoms with Gasteiger partial charge in [-0.15, -0.1) is 0 Å². The third-order valence-electron chi connectivity index (χ3n) is 4.95. The van der Waals surface area contributed by atoms with E-state index in [4.69, 9.17) is 10.5 Å². The molecule has 0 heterocycles. The first-order chi connectivity index (χ1) is 10.7. The molecule has 4 nitrogen and oxygen atoms in total. The zero-order chi connectivity index (χ0) is 15.4. The van der Waals surface area contributed by atoms with Crippen molar-refractivity contribution in [3.8, 4) is 0 Å². The number of carbonyl (C=O) groups is 1. The highest BCUT2D eigenvalue weighted by Crippen LogP contribution is 2.28. The van der Waals surface area contributed by atoms with E-state index in [0.29, 0.717) is 12.7 Å². The van der Waals surface area contributed by atoms with Crippen LogP contribution in [0.1, 0.15) is 56.9 Å². The summed E-state index contributed by atoms with van der Waals surface area (Å²) in [5.74, 6) is -0.0556. The lowest BCUT2D eigenvalue weighted by molar-refractivity contribution is -0.121. The number of amides is 1. The smallest absolute Gasteiger partial charge is 0.244 e. The quantitative estimate of drug-likeness (QED) is 0.876. The zero-order valence-corrected chi connectivity index (χ0v) is 13.1. The lowest BCUT2D eigenvalue weighted by Crippen LogP contribution is -2.48. The number of carbonyl (C=O) groups excluding carboxylic acids is 1. The molecule has 0 aliphatic heterocycles. The fourth-order valence-electron chi connectivity index (χ4n) is 3.44. The van der Waals surface area contributed by atoms with E-state index < -0.39 is 5.54 Å². The summed E-state index contributed by atoms with van der Waals surface area (Å²) in [6.07, 6.45) is 9.03. The lowest BCUT2D eigenvalue weighted by atomic mass is 9.98. The maximum atomic E-state index is 12.3. The summed E-state index contributed by atoms with van der Waals surface area (Å²) >= 11 is 0. The number of anilines is 1. The highest BCUT2D eigenvalue weighted by molar-refractivity contribution is 5.98. The Balaban J connectivity index is 1.51. The van der Waals surface area contributed by atoms with Crippen molar-refractivity contribution in [1.29, 1.82) is 0 Å². The third-order valence-corrected chi connectivity index (χ3v) is 4.95. The van der Waals surface area contributed by atoms with Crippen LogP contribution in [-0.2, 0) is 16.1 Å². The monoisotopic (exact) mass is 302 g/mol. The van der Waals surface area contributed by atoms with Crippen LogP contribution >= 0.6 is 0 Å². The Bertz CT molecular complexity index is 500. The number of rotatable bonds is 5. The molecule has 2 saturated carbocycles. The van der Waals surface area contributed by atoms with Crippen LogP contribution < -0.4 is 11.1 Å². The first kappa shape index (κ1) is 15.5. The molecule has 4 heteroatoms. The highest BCUT2D eigenvalue weighted by atomic mass is 16.5. The minimum atomic E-state index is -0.676. The number of ether oxygens (including phenoxy) is 1. The molecule has 2 fully saturated rings. The van der Waals surface area contributed by atoms with Crippen LogP contribution in [0, 0.1) is 0 Å². The summed E-state index contributed by atoms with van der Waals surface area (Å²) in [7, 11) is 0. The minimum absolute atomic E-state index is 0.0556. The van der Waals surface area contributed by atoms with E-state index in [1.54, 1.807) is 0 Å². The van der Waals surface area contributed by atoms with E-state index in [2.05, 4.69) is 5.32 Å². The third kappa shape index (κ3) is 3.68. The molecule has 22 heavy (non-hydrogen) atoms. The predicted molar refractivity (Wildman–Crippen MR) is 87.5 cm³/mol. The molecule has 0 bridgehead atoms. The van der Waals surface area contributed by atoms with E-state index in [9.17, 15) is 4.79 Å². The van der Waals surface area contributed by atoms with Crippen LogP contribution in [0.4, 0.5) is 5.69 Å².